The molecule has 20 heavy (non-hydrogen) atoms. The first-order chi connectivity index (χ1) is 9.78. The van der Waals surface area contributed by atoms with Gasteiger partial charge in [0.15, 0.2) is 0 Å². The number of hydrogen-bond acceptors (Lipinski definition) is 3. The molecule has 0 aliphatic carbocycles. The van der Waals surface area contributed by atoms with Crippen molar-refractivity contribution in [2.45, 2.75) is 45.7 Å². The molecule has 1 fully saturated rings. The van der Waals surface area contributed by atoms with Gasteiger partial charge in [0.1, 0.15) is 5.82 Å². The fourth-order valence-corrected chi connectivity index (χ4v) is 3.00. The topological polar surface area (TPSA) is 44.8 Å². The van der Waals surface area contributed by atoms with Gasteiger partial charge in [-0.2, -0.15) is 0 Å². The van der Waals surface area contributed by atoms with E-state index >= 15 is 0 Å². The van der Waals surface area contributed by atoms with Crippen LogP contribution in [0.15, 0.2) is 24.4 Å². The average molecular weight is 270 g/mol. The molecule has 0 bridgehead atoms. The number of aromatic amines is 1. The molecule has 1 N–H and O–H groups in total. The van der Waals surface area contributed by atoms with Gasteiger partial charge in [0.2, 0.25) is 0 Å². The number of nitrogens with one attached hydrogen (secondary N) is 1. The summed E-state index contributed by atoms with van der Waals surface area (Å²) in [6.07, 6.45) is 5.29. The van der Waals surface area contributed by atoms with E-state index in [4.69, 9.17) is 4.98 Å². The van der Waals surface area contributed by atoms with Crippen molar-refractivity contribution in [1.29, 1.82) is 0 Å². The fraction of sp³-hybridized carbons (Fsp3) is 0.500. The first-order valence-corrected chi connectivity index (χ1v) is 7.47. The maximum absolute atomic E-state index is 4.70. The van der Waals surface area contributed by atoms with Crippen LogP contribution in [0.5, 0.6) is 0 Å². The summed E-state index contributed by atoms with van der Waals surface area (Å²) in [6, 6.07) is 6.64. The second-order valence-corrected chi connectivity index (χ2v) is 5.49. The lowest BCUT2D eigenvalue weighted by Crippen LogP contribution is -2.24. The second-order valence-electron chi connectivity index (χ2n) is 5.49. The monoisotopic (exact) mass is 270 g/mol. The van der Waals surface area contributed by atoms with E-state index in [0.717, 1.165) is 25.3 Å². The van der Waals surface area contributed by atoms with Gasteiger partial charge >= 0.3 is 0 Å². The quantitative estimate of drug-likeness (QED) is 0.929. The zero-order chi connectivity index (χ0) is 13.9. The van der Waals surface area contributed by atoms with Gasteiger partial charge in [0.25, 0.3) is 0 Å². The molecule has 0 aromatic carbocycles. The minimum absolute atomic E-state index is 0.442. The minimum atomic E-state index is 0.442. The lowest BCUT2D eigenvalue weighted by Gasteiger charge is -2.23. The Bertz CT molecular complexity index is 561. The van der Waals surface area contributed by atoms with Gasteiger partial charge in [-0.05, 0) is 38.4 Å². The number of imidazole rings is 1. The van der Waals surface area contributed by atoms with Gasteiger partial charge in [-0.25, -0.2) is 4.98 Å². The molecule has 1 atom stereocenters. The summed E-state index contributed by atoms with van der Waals surface area (Å²) in [5.41, 5.74) is 3.58. The first-order valence-electron chi connectivity index (χ1n) is 7.47. The Morgan fingerprint density at radius 2 is 2.30 bits per heavy atom. The minimum Gasteiger partial charge on any atom is -0.346 e. The van der Waals surface area contributed by atoms with Crippen molar-refractivity contribution in [2.75, 3.05) is 6.54 Å². The molecule has 2 aromatic heterocycles. The Morgan fingerprint density at radius 3 is 3.00 bits per heavy atom. The lowest BCUT2D eigenvalue weighted by atomic mass is 10.1. The van der Waals surface area contributed by atoms with Gasteiger partial charge in [-0.1, -0.05) is 13.0 Å². The standard InChI is InChI=1S/C16H22N4/c1-3-16-18-12(2)14(19-16)11-20-10-6-8-15(20)13-7-4-5-9-17-13/h4-5,7,9,15H,3,6,8,10-11H2,1-2H3,(H,18,19). The highest BCUT2D eigenvalue weighted by Crippen LogP contribution is 2.31. The van der Waals surface area contributed by atoms with Crippen molar-refractivity contribution in [1.82, 2.24) is 19.9 Å². The number of hydrogen-bond donors (Lipinski definition) is 1. The lowest BCUT2D eigenvalue weighted by molar-refractivity contribution is 0.241. The molecule has 4 heteroatoms. The Morgan fingerprint density at radius 1 is 1.40 bits per heavy atom. The van der Waals surface area contributed by atoms with Crippen LogP contribution in [0.2, 0.25) is 0 Å². The van der Waals surface area contributed by atoms with Gasteiger partial charge in [0, 0.05) is 24.9 Å². The summed E-state index contributed by atoms with van der Waals surface area (Å²) in [4.78, 5) is 15.1. The number of pyridine rings is 1. The zero-order valence-electron chi connectivity index (χ0n) is 12.3. The molecule has 1 aliphatic heterocycles. The zero-order valence-corrected chi connectivity index (χ0v) is 12.3. The van der Waals surface area contributed by atoms with Crippen LogP contribution in [-0.4, -0.2) is 26.4 Å². The predicted molar refractivity (Wildman–Crippen MR) is 79.3 cm³/mol. The molecular formula is C16H22N4. The van der Waals surface area contributed by atoms with E-state index in [1.165, 1.54) is 29.9 Å². The Hall–Kier alpha value is -1.68. The Labute approximate surface area is 120 Å². The molecule has 2 aromatic rings. The van der Waals surface area contributed by atoms with E-state index in [1.807, 2.05) is 12.3 Å². The molecule has 0 radical (unpaired) electrons. The van der Waals surface area contributed by atoms with Crippen molar-refractivity contribution < 1.29 is 0 Å². The van der Waals surface area contributed by atoms with Crippen molar-refractivity contribution in [3.63, 3.8) is 0 Å². The SMILES string of the molecule is CCc1nc(CN2CCCC2c2ccccn2)c(C)[nH]1. The van der Waals surface area contributed by atoms with E-state index < -0.39 is 0 Å². The third-order valence-electron chi connectivity index (χ3n) is 4.12. The molecule has 1 unspecified atom stereocenters. The van der Waals surface area contributed by atoms with Crippen molar-refractivity contribution in [3.8, 4) is 0 Å². The van der Waals surface area contributed by atoms with E-state index in [0.29, 0.717) is 6.04 Å². The van der Waals surface area contributed by atoms with Crippen LogP contribution in [0.1, 0.15) is 48.7 Å². The molecule has 1 aliphatic rings. The summed E-state index contributed by atoms with van der Waals surface area (Å²) in [7, 11) is 0. The number of aromatic nitrogens is 3. The van der Waals surface area contributed by atoms with Crippen molar-refractivity contribution in [3.05, 3.63) is 47.3 Å². The van der Waals surface area contributed by atoms with Gasteiger partial charge < -0.3 is 4.98 Å². The molecule has 0 saturated carbocycles. The molecule has 106 valence electrons. The number of H-pyrrole nitrogens is 1. The van der Waals surface area contributed by atoms with Crippen LogP contribution < -0.4 is 0 Å². The van der Waals surface area contributed by atoms with Gasteiger partial charge in [-0.3, -0.25) is 9.88 Å². The molecule has 3 heterocycles. The molecule has 3 rings (SSSR count). The molecule has 0 spiro atoms. The highest BCUT2D eigenvalue weighted by Gasteiger charge is 2.27. The number of rotatable bonds is 4. The van der Waals surface area contributed by atoms with Crippen LogP contribution >= 0.6 is 0 Å². The van der Waals surface area contributed by atoms with Crippen LogP contribution in [0, 0.1) is 6.92 Å². The largest absolute Gasteiger partial charge is 0.346 e. The number of nitrogens with zero attached hydrogens (tertiary/aromatic N) is 3. The summed E-state index contributed by atoms with van der Waals surface area (Å²) in [5, 5.41) is 0. The normalized spacial score (nSPS) is 19.6. The van der Waals surface area contributed by atoms with Gasteiger partial charge in [0.05, 0.1) is 17.4 Å². The van der Waals surface area contributed by atoms with E-state index in [-0.39, 0.29) is 0 Å². The van der Waals surface area contributed by atoms with E-state index in [2.05, 4.69) is 40.8 Å². The summed E-state index contributed by atoms with van der Waals surface area (Å²) in [5.74, 6) is 1.09. The smallest absolute Gasteiger partial charge is 0.106 e. The average Bonchev–Trinajstić information content (AvgIpc) is 3.08. The van der Waals surface area contributed by atoms with Crippen LogP contribution in [0.25, 0.3) is 0 Å². The maximum atomic E-state index is 4.70. The maximum Gasteiger partial charge on any atom is 0.106 e. The van der Waals surface area contributed by atoms with E-state index in [9.17, 15) is 0 Å². The van der Waals surface area contributed by atoms with Crippen LogP contribution in [-0.2, 0) is 13.0 Å². The van der Waals surface area contributed by atoms with Crippen molar-refractivity contribution in [2.24, 2.45) is 0 Å². The van der Waals surface area contributed by atoms with Crippen LogP contribution in [0.3, 0.4) is 0 Å². The molecule has 1 saturated heterocycles. The molecule has 4 nitrogen and oxygen atoms in total. The fourth-order valence-electron chi connectivity index (χ4n) is 3.00. The first kappa shape index (κ1) is 13.3. The van der Waals surface area contributed by atoms with Crippen LogP contribution in [0.4, 0.5) is 0 Å². The molecule has 0 amide bonds. The number of aryl methyl sites for hydroxylation is 2. The predicted octanol–water partition coefficient (Wildman–Crippen LogP) is 3.01. The molecular weight excluding hydrogens is 248 g/mol. The third-order valence-corrected chi connectivity index (χ3v) is 4.12. The highest BCUT2D eigenvalue weighted by atomic mass is 15.2. The Balaban J connectivity index is 1.77. The second kappa shape index (κ2) is 5.75. The highest BCUT2D eigenvalue weighted by molar-refractivity contribution is 5.15. The summed E-state index contributed by atoms with van der Waals surface area (Å²) >= 11 is 0. The summed E-state index contributed by atoms with van der Waals surface area (Å²) < 4.78 is 0. The van der Waals surface area contributed by atoms with E-state index in [1.54, 1.807) is 0 Å². The van der Waals surface area contributed by atoms with Crippen molar-refractivity contribution >= 4 is 0 Å². The number of likely N-dealkylation sites (tertiary alicyclic amines) is 1. The summed E-state index contributed by atoms with van der Waals surface area (Å²) in [6.45, 7) is 6.31. The van der Waals surface area contributed by atoms with Gasteiger partial charge in [-0.15, -0.1) is 0 Å². The third kappa shape index (κ3) is 2.61. The Kier molecular flexibility index (Phi) is 3.83.